The summed E-state index contributed by atoms with van der Waals surface area (Å²) in [6.45, 7) is 0.687. The maximum atomic E-state index is 6.01. The van der Waals surface area contributed by atoms with Crippen LogP contribution in [0, 0.1) is 0 Å². The Morgan fingerprint density at radius 2 is 2.14 bits per heavy atom. The summed E-state index contributed by atoms with van der Waals surface area (Å²) < 4.78 is 0. The molecule has 0 aromatic heterocycles. The van der Waals surface area contributed by atoms with Crippen molar-refractivity contribution in [3.63, 3.8) is 0 Å². The van der Waals surface area contributed by atoms with Crippen LogP contribution in [0.4, 0.5) is 0 Å². The molecule has 0 amide bonds. The summed E-state index contributed by atoms with van der Waals surface area (Å²) in [5.41, 5.74) is 12.1. The van der Waals surface area contributed by atoms with Crippen LogP contribution in [0.3, 0.4) is 0 Å². The van der Waals surface area contributed by atoms with Crippen LogP contribution in [-0.2, 0) is 0 Å². The highest BCUT2D eigenvalue weighted by Crippen LogP contribution is 2.19. The van der Waals surface area contributed by atoms with Crippen LogP contribution < -0.4 is 16.8 Å². The van der Waals surface area contributed by atoms with Gasteiger partial charge in [0.1, 0.15) is 11.5 Å². The average molecular weight is 191 g/mol. The van der Waals surface area contributed by atoms with Crippen molar-refractivity contribution in [2.75, 3.05) is 6.54 Å². The molecule has 0 saturated carbocycles. The van der Waals surface area contributed by atoms with E-state index in [1.54, 1.807) is 0 Å². The Kier molecular flexibility index (Phi) is 1.25. The molecule has 72 valence electrons. The third-order valence-electron chi connectivity index (χ3n) is 2.30. The predicted octanol–water partition coefficient (Wildman–Crippen LogP) is -1.83. The number of rotatable bonds is 0. The number of fused-ring (bicyclic) bond motifs is 1. The lowest BCUT2D eigenvalue weighted by Crippen LogP contribution is -2.62. The molecule has 0 aromatic rings. The van der Waals surface area contributed by atoms with E-state index < -0.39 is 5.79 Å². The fourth-order valence-electron chi connectivity index (χ4n) is 1.68. The Morgan fingerprint density at radius 1 is 1.29 bits per heavy atom. The van der Waals surface area contributed by atoms with E-state index in [2.05, 4.69) is 25.3 Å². The van der Waals surface area contributed by atoms with Gasteiger partial charge in [-0.05, 0) is 0 Å². The Morgan fingerprint density at radius 3 is 3.00 bits per heavy atom. The number of aliphatic imine (C=N–C) groups is 4. The molecule has 0 fully saturated rings. The number of guanidine groups is 1. The lowest BCUT2D eigenvalue weighted by Gasteiger charge is -2.27. The molecular weight excluding hydrogens is 182 g/mol. The van der Waals surface area contributed by atoms with Crippen LogP contribution >= 0.6 is 0 Å². The molecule has 7 nitrogen and oxygen atoms in total. The smallest absolute Gasteiger partial charge is 0.220 e. The van der Waals surface area contributed by atoms with Crippen molar-refractivity contribution in [2.24, 2.45) is 31.4 Å². The molecule has 0 aliphatic carbocycles. The largest absolute Gasteiger partial charge is 0.368 e. The molecule has 7 heteroatoms. The van der Waals surface area contributed by atoms with E-state index in [-0.39, 0.29) is 5.96 Å². The van der Waals surface area contributed by atoms with Gasteiger partial charge in [-0.15, -0.1) is 0 Å². The number of nitrogens with zero attached hydrogens (tertiary/aromatic N) is 4. The van der Waals surface area contributed by atoms with E-state index in [0.29, 0.717) is 18.1 Å². The Labute approximate surface area is 79.7 Å². The number of amidine groups is 2. The minimum Gasteiger partial charge on any atom is -0.368 e. The van der Waals surface area contributed by atoms with Crippen molar-refractivity contribution in [3.05, 3.63) is 0 Å². The molecule has 1 atom stereocenters. The predicted molar refractivity (Wildman–Crippen MR) is 53.5 cm³/mol. The molecule has 5 N–H and O–H groups in total. The molecule has 14 heavy (non-hydrogen) atoms. The van der Waals surface area contributed by atoms with Crippen LogP contribution in [0.15, 0.2) is 20.0 Å². The monoisotopic (exact) mass is 191 g/mol. The standard InChI is InChI=1S/C7H9N7/c8-6-13-5-4-7(9,14-6)10-2-1-3(11-4)12-5/h10H,1-2,9H2,(H2,8,14). The van der Waals surface area contributed by atoms with Crippen LogP contribution in [0.5, 0.6) is 0 Å². The van der Waals surface area contributed by atoms with Gasteiger partial charge in [0.15, 0.2) is 5.84 Å². The quantitative estimate of drug-likeness (QED) is 0.418. The SMILES string of the molecule is NC1=NC2(N)NCCC3=NC(=N1)C2=N3. The molecule has 3 aliphatic rings. The summed E-state index contributed by atoms with van der Waals surface area (Å²) in [4.78, 5) is 16.5. The van der Waals surface area contributed by atoms with Gasteiger partial charge in [0.2, 0.25) is 11.7 Å². The zero-order chi connectivity index (χ0) is 9.76. The Hall–Kier alpha value is -1.60. The van der Waals surface area contributed by atoms with Gasteiger partial charge in [0.25, 0.3) is 0 Å². The highest BCUT2D eigenvalue weighted by molar-refractivity contribution is 6.52. The van der Waals surface area contributed by atoms with Crippen LogP contribution in [0.2, 0.25) is 0 Å². The van der Waals surface area contributed by atoms with Crippen LogP contribution in [0.25, 0.3) is 0 Å². The molecule has 3 rings (SSSR count). The summed E-state index contributed by atoms with van der Waals surface area (Å²) in [5.74, 6) is 0.328. The average Bonchev–Trinajstić information content (AvgIpc) is 2.40. The number of nitrogens with one attached hydrogen (secondary N) is 1. The number of nitrogens with two attached hydrogens (primary N) is 2. The third kappa shape index (κ3) is 0.875. The van der Waals surface area contributed by atoms with E-state index in [4.69, 9.17) is 11.5 Å². The molecule has 3 aliphatic heterocycles. The molecule has 0 aromatic carbocycles. The van der Waals surface area contributed by atoms with E-state index >= 15 is 0 Å². The molecule has 0 spiro atoms. The Bertz CT molecular complexity index is 429. The molecule has 3 heterocycles. The topological polar surface area (TPSA) is 114 Å². The first-order valence-electron chi connectivity index (χ1n) is 4.32. The van der Waals surface area contributed by atoms with E-state index in [9.17, 15) is 0 Å². The molecule has 1 unspecified atom stereocenters. The third-order valence-corrected chi connectivity index (χ3v) is 2.30. The van der Waals surface area contributed by atoms with Crippen LogP contribution in [-0.4, -0.2) is 35.7 Å². The first kappa shape index (κ1) is 7.77. The summed E-state index contributed by atoms with van der Waals surface area (Å²) in [5, 5.41) is 3.07. The van der Waals surface area contributed by atoms with Gasteiger partial charge >= 0.3 is 0 Å². The Balaban J connectivity index is 2.22. The molecular formula is C7H9N7. The van der Waals surface area contributed by atoms with Crippen molar-refractivity contribution in [2.45, 2.75) is 12.2 Å². The van der Waals surface area contributed by atoms with Gasteiger partial charge < -0.3 is 5.73 Å². The van der Waals surface area contributed by atoms with Gasteiger partial charge in [0, 0.05) is 13.0 Å². The molecule has 2 bridgehead atoms. The lowest BCUT2D eigenvalue weighted by atomic mass is 10.1. The molecule has 0 saturated heterocycles. The number of hydrogen-bond acceptors (Lipinski definition) is 7. The van der Waals surface area contributed by atoms with Crippen molar-refractivity contribution in [3.8, 4) is 0 Å². The van der Waals surface area contributed by atoms with Gasteiger partial charge in [-0.1, -0.05) is 0 Å². The first-order chi connectivity index (χ1) is 6.67. The summed E-state index contributed by atoms with van der Waals surface area (Å²) >= 11 is 0. The second-order valence-corrected chi connectivity index (χ2v) is 3.34. The fourth-order valence-corrected chi connectivity index (χ4v) is 1.68. The van der Waals surface area contributed by atoms with E-state index in [0.717, 1.165) is 12.3 Å². The van der Waals surface area contributed by atoms with Crippen LogP contribution in [0.1, 0.15) is 6.42 Å². The second kappa shape index (κ2) is 2.25. The minimum absolute atomic E-state index is 0.140. The maximum absolute atomic E-state index is 6.01. The summed E-state index contributed by atoms with van der Waals surface area (Å²) in [7, 11) is 0. The highest BCUT2D eigenvalue weighted by atomic mass is 15.4. The van der Waals surface area contributed by atoms with Crippen molar-refractivity contribution in [1.29, 1.82) is 0 Å². The molecule has 0 radical (unpaired) electrons. The van der Waals surface area contributed by atoms with E-state index in [1.807, 2.05) is 0 Å². The zero-order valence-electron chi connectivity index (χ0n) is 7.36. The summed E-state index contributed by atoms with van der Waals surface area (Å²) in [6.07, 6.45) is 0.733. The zero-order valence-corrected chi connectivity index (χ0v) is 7.36. The maximum Gasteiger partial charge on any atom is 0.220 e. The van der Waals surface area contributed by atoms with Crippen molar-refractivity contribution in [1.82, 2.24) is 5.32 Å². The van der Waals surface area contributed by atoms with Crippen molar-refractivity contribution < 1.29 is 0 Å². The highest BCUT2D eigenvalue weighted by Gasteiger charge is 2.42. The summed E-state index contributed by atoms with van der Waals surface area (Å²) in [6, 6.07) is 0. The fraction of sp³-hybridized carbons (Fsp3) is 0.429. The first-order valence-corrected chi connectivity index (χ1v) is 4.32. The normalized spacial score (nSPS) is 34.1. The lowest BCUT2D eigenvalue weighted by molar-refractivity contribution is 0.476. The second-order valence-electron chi connectivity index (χ2n) is 3.34. The number of hydrogen-bond donors (Lipinski definition) is 3. The van der Waals surface area contributed by atoms with Gasteiger partial charge in [-0.25, -0.2) is 15.0 Å². The van der Waals surface area contributed by atoms with Crippen molar-refractivity contribution >= 4 is 23.3 Å². The van der Waals surface area contributed by atoms with Gasteiger partial charge in [-0.3, -0.25) is 11.1 Å². The minimum atomic E-state index is -1.04. The van der Waals surface area contributed by atoms with Gasteiger partial charge in [0.05, 0.1) is 0 Å². The van der Waals surface area contributed by atoms with E-state index in [1.165, 1.54) is 0 Å². The van der Waals surface area contributed by atoms with Gasteiger partial charge in [-0.2, -0.15) is 4.99 Å².